The quantitative estimate of drug-likeness (QED) is 0.892. The van der Waals surface area contributed by atoms with E-state index in [1.165, 1.54) is 6.42 Å². The molecule has 0 aliphatic heterocycles. The van der Waals surface area contributed by atoms with Crippen LogP contribution in [-0.4, -0.2) is 9.78 Å². The highest BCUT2D eigenvalue weighted by Gasteiger charge is 2.18. The maximum absolute atomic E-state index is 6.05. The molecule has 0 saturated carbocycles. The van der Waals surface area contributed by atoms with Crippen molar-refractivity contribution in [1.82, 2.24) is 9.78 Å². The largest absolute Gasteiger partial charge is 0.383 e. The number of nitrogens with zero attached hydrogens (tertiary/aromatic N) is 2. The first kappa shape index (κ1) is 13.6. The molecular formula is C12H22BrN3. The van der Waals surface area contributed by atoms with Crippen LogP contribution in [0.2, 0.25) is 0 Å². The third-order valence-corrected chi connectivity index (χ3v) is 4.22. The molecule has 0 bridgehead atoms. The average molecular weight is 288 g/mol. The predicted molar refractivity (Wildman–Crippen MR) is 72.5 cm³/mol. The van der Waals surface area contributed by atoms with E-state index in [1.807, 2.05) is 11.6 Å². The van der Waals surface area contributed by atoms with Crippen LogP contribution in [0.4, 0.5) is 5.82 Å². The number of halogens is 1. The molecule has 2 atom stereocenters. The van der Waals surface area contributed by atoms with Crippen LogP contribution in [0.3, 0.4) is 0 Å². The number of rotatable bonds is 5. The van der Waals surface area contributed by atoms with Crippen molar-refractivity contribution in [3.05, 3.63) is 10.2 Å². The number of aromatic nitrogens is 2. The van der Waals surface area contributed by atoms with Gasteiger partial charge in [0.15, 0.2) is 0 Å². The molecule has 0 aromatic carbocycles. The monoisotopic (exact) mass is 287 g/mol. The Hall–Kier alpha value is -0.510. The lowest BCUT2D eigenvalue weighted by Crippen LogP contribution is -2.15. The van der Waals surface area contributed by atoms with Gasteiger partial charge in [0.25, 0.3) is 0 Å². The van der Waals surface area contributed by atoms with E-state index >= 15 is 0 Å². The van der Waals surface area contributed by atoms with Gasteiger partial charge in [0.05, 0.1) is 16.2 Å². The Labute approximate surface area is 107 Å². The van der Waals surface area contributed by atoms with Crippen molar-refractivity contribution in [1.29, 1.82) is 0 Å². The van der Waals surface area contributed by atoms with Gasteiger partial charge in [0.1, 0.15) is 5.82 Å². The third-order valence-electron chi connectivity index (χ3n) is 3.24. The van der Waals surface area contributed by atoms with Gasteiger partial charge in [-0.15, -0.1) is 0 Å². The standard InChI is InChI=1S/C12H22BrN3/c1-5-8(3)7-10(6-2)16-12(14)11(13)9(4)15-16/h8,10H,5-7,14H2,1-4H3. The van der Waals surface area contributed by atoms with Crippen LogP contribution in [0.15, 0.2) is 4.47 Å². The van der Waals surface area contributed by atoms with E-state index in [2.05, 4.69) is 41.8 Å². The van der Waals surface area contributed by atoms with E-state index in [-0.39, 0.29) is 0 Å². The van der Waals surface area contributed by atoms with E-state index in [9.17, 15) is 0 Å². The molecule has 0 aliphatic rings. The summed E-state index contributed by atoms with van der Waals surface area (Å²) < 4.78 is 2.92. The first-order chi connectivity index (χ1) is 7.51. The Balaban J connectivity index is 2.91. The molecule has 1 heterocycles. The molecule has 16 heavy (non-hydrogen) atoms. The van der Waals surface area contributed by atoms with Crippen LogP contribution in [0.5, 0.6) is 0 Å². The molecule has 1 rings (SSSR count). The first-order valence-corrected chi connectivity index (χ1v) is 6.80. The minimum atomic E-state index is 0.417. The highest BCUT2D eigenvalue weighted by atomic mass is 79.9. The number of aryl methyl sites for hydroxylation is 1. The van der Waals surface area contributed by atoms with Crippen LogP contribution in [0.1, 0.15) is 51.8 Å². The molecule has 92 valence electrons. The van der Waals surface area contributed by atoms with E-state index in [1.54, 1.807) is 0 Å². The summed E-state index contributed by atoms with van der Waals surface area (Å²) in [4.78, 5) is 0. The summed E-state index contributed by atoms with van der Waals surface area (Å²) >= 11 is 3.47. The van der Waals surface area contributed by atoms with Gasteiger partial charge in [-0.1, -0.05) is 27.2 Å². The summed E-state index contributed by atoms with van der Waals surface area (Å²) in [5.41, 5.74) is 7.02. The van der Waals surface area contributed by atoms with Crippen molar-refractivity contribution in [2.45, 2.75) is 53.0 Å². The Morgan fingerprint density at radius 2 is 2.00 bits per heavy atom. The van der Waals surface area contributed by atoms with Gasteiger partial charge in [-0.2, -0.15) is 5.10 Å². The molecule has 3 nitrogen and oxygen atoms in total. The molecule has 1 aromatic rings. The van der Waals surface area contributed by atoms with Crippen LogP contribution in [0, 0.1) is 12.8 Å². The molecule has 0 fully saturated rings. The van der Waals surface area contributed by atoms with Gasteiger partial charge >= 0.3 is 0 Å². The molecule has 2 N–H and O–H groups in total. The number of nitrogen functional groups attached to an aromatic ring is 1. The number of hydrogen-bond acceptors (Lipinski definition) is 2. The summed E-state index contributed by atoms with van der Waals surface area (Å²) in [6.45, 7) is 8.68. The Kier molecular flexibility index (Phi) is 4.84. The number of nitrogens with two attached hydrogens (primary N) is 1. The minimum Gasteiger partial charge on any atom is -0.383 e. The molecule has 2 unspecified atom stereocenters. The topological polar surface area (TPSA) is 43.8 Å². The molecule has 0 spiro atoms. The molecule has 0 aliphatic carbocycles. The lowest BCUT2D eigenvalue weighted by atomic mass is 9.98. The summed E-state index contributed by atoms with van der Waals surface area (Å²) in [7, 11) is 0. The SMILES string of the molecule is CCC(C)CC(CC)n1nc(C)c(Br)c1N. The smallest absolute Gasteiger partial charge is 0.136 e. The highest BCUT2D eigenvalue weighted by Crippen LogP contribution is 2.30. The van der Waals surface area contributed by atoms with Gasteiger partial charge in [-0.3, -0.25) is 0 Å². The normalized spacial score (nSPS) is 15.1. The molecule has 0 radical (unpaired) electrons. The van der Waals surface area contributed by atoms with E-state index in [0.717, 1.165) is 28.8 Å². The van der Waals surface area contributed by atoms with Crippen LogP contribution < -0.4 is 5.73 Å². The fourth-order valence-electron chi connectivity index (χ4n) is 1.89. The third kappa shape index (κ3) is 2.78. The molecular weight excluding hydrogens is 266 g/mol. The minimum absolute atomic E-state index is 0.417. The van der Waals surface area contributed by atoms with Crippen molar-refractivity contribution < 1.29 is 0 Å². The Morgan fingerprint density at radius 3 is 2.38 bits per heavy atom. The zero-order valence-electron chi connectivity index (χ0n) is 10.6. The second-order valence-electron chi connectivity index (χ2n) is 4.54. The van der Waals surface area contributed by atoms with Crippen molar-refractivity contribution in [2.75, 3.05) is 5.73 Å². The van der Waals surface area contributed by atoms with E-state index < -0.39 is 0 Å². The van der Waals surface area contributed by atoms with Crippen molar-refractivity contribution >= 4 is 21.7 Å². The van der Waals surface area contributed by atoms with Gasteiger partial charge in [-0.25, -0.2) is 4.68 Å². The molecule has 0 saturated heterocycles. The predicted octanol–water partition coefficient (Wildman–Crippen LogP) is 3.92. The van der Waals surface area contributed by atoms with Gasteiger partial charge in [-0.05, 0) is 41.6 Å². The first-order valence-electron chi connectivity index (χ1n) is 6.01. The second-order valence-corrected chi connectivity index (χ2v) is 5.33. The lowest BCUT2D eigenvalue weighted by Gasteiger charge is -2.20. The second kappa shape index (κ2) is 5.71. The number of hydrogen-bond donors (Lipinski definition) is 1. The summed E-state index contributed by atoms with van der Waals surface area (Å²) in [5, 5.41) is 4.51. The maximum atomic E-state index is 6.05. The molecule has 1 aromatic heterocycles. The fourth-order valence-corrected chi connectivity index (χ4v) is 2.16. The summed E-state index contributed by atoms with van der Waals surface area (Å²) in [5.74, 6) is 1.47. The van der Waals surface area contributed by atoms with Gasteiger partial charge in [0, 0.05) is 0 Å². The summed E-state index contributed by atoms with van der Waals surface area (Å²) in [6, 6.07) is 0.417. The molecule has 0 amide bonds. The van der Waals surface area contributed by atoms with E-state index in [4.69, 9.17) is 5.73 Å². The van der Waals surface area contributed by atoms with Gasteiger partial charge in [0.2, 0.25) is 0 Å². The summed E-state index contributed by atoms with van der Waals surface area (Å²) in [6.07, 6.45) is 3.42. The van der Waals surface area contributed by atoms with Crippen molar-refractivity contribution in [3.63, 3.8) is 0 Å². The highest BCUT2D eigenvalue weighted by molar-refractivity contribution is 9.10. The fraction of sp³-hybridized carbons (Fsp3) is 0.750. The van der Waals surface area contributed by atoms with Crippen molar-refractivity contribution in [2.24, 2.45) is 5.92 Å². The average Bonchev–Trinajstić information content (AvgIpc) is 2.53. The van der Waals surface area contributed by atoms with Gasteiger partial charge < -0.3 is 5.73 Å². The Morgan fingerprint density at radius 1 is 1.38 bits per heavy atom. The Bertz CT molecular complexity index is 346. The zero-order chi connectivity index (χ0) is 12.3. The zero-order valence-corrected chi connectivity index (χ0v) is 12.2. The van der Waals surface area contributed by atoms with Crippen LogP contribution >= 0.6 is 15.9 Å². The van der Waals surface area contributed by atoms with Crippen LogP contribution in [0.25, 0.3) is 0 Å². The van der Waals surface area contributed by atoms with Crippen molar-refractivity contribution in [3.8, 4) is 0 Å². The number of anilines is 1. The van der Waals surface area contributed by atoms with E-state index in [0.29, 0.717) is 12.0 Å². The maximum Gasteiger partial charge on any atom is 0.136 e. The van der Waals surface area contributed by atoms with Crippen LogP contribution in [-0.2, 0) is 0 Å². The molecule has 4 heteroatoms. The lowest BCUT2D eigenvalue weighted by molar-refractivity contribution is 0.346.